The zero-order valence-corrected chi connectivity index (χ0v) is 10.5. The van der Waals surface area contributed by atoms with Crippen LogP contribution in [0.15, 0.2) is 6.07 Å². The van der Waals surface area contributed by atoms with Gasteiger partial charge in [0.25, 0.3) is 0 Å². The molecule has 0 aliphatic heterocycles. The molecular weight excluding hydrogens is 216 g/mol. The minimum Gasteiger partial charge on any atom is -0.355 e. The Morgan fingerprint density at radius 1 is 1.59 bits per heavy atom. The number of aromatic nitrogens is 1. The molecule has 0 unspecified atom stereocenters. The summed E-state index contributed by atoms with van der Waals surface area (Å²) in [6, 6.07) is 3.98. The number of nitriles is 1. The summed E-state index contributed by atoms with van der Waals surface area (Å²) in [5.41, 5.74) is 2.73. The second kappa shape index (κ2) is 6.06. The minimum absolute atomic E-state index is 0.0124. The number of hydrogen-bond acceptors (Lipinski definition) is 3. The highest BCUT2D eigenvalue weighted by Gasteiger charge is 2.08. The fourth-order valence-corrected chi connectivity index (χ4v) is 1.62. The summed E-state index contributed by atoms with van der Waals surface area (Å²) >= 11 is 0. The molecule has 92 valence electrons. The van der Waals surface area contributed by atoms with Gasteiger partial charge in [0.1, 0.15) is 11.8 Å². The lowest BCUT2D eigenvalue weighted by atomic mass is 10.2. The van der Waals surface area contributed by atoms with Crippen molar-refractivity contribution < 1.29 is 4.79 Å². The predicted molar refractivity (Wildman–Crippen MR) is 65.3 cm³/mol. The van der Waals surface area contributed by atoms with E-state index in [1.165, 1.54) is 0 Å². The van der Waals surface area contributed by atoms with Crippen molar-refractivity contribution >= 4 is 5.91 Å². The van der Waals surface area contributed by atoms with Gasteiger partial charge in [0.2, 0.25) is 5.91 Å². The number of hydrogen-bond donors (Lipinski definition) is 2. The minimum atomic E-state index is -0.0124. The van der Waals surface area contributed by atoms with Crippen LogP contribution in [0.4, 0.5) is 0 Å². The normalized spacial score (nSPS) is 10.0. The first-order valence-electron chi connectivity index (χ1n) is 5.62. The molecule has 1 rings (SSSR count). The molecule has 0 bridgehead atoms. The monoisotopic (exact) mass is 234 g/mol. The fourth-order valence-electron chi connectivity index (χ4n) is 1.62. The zero-order chi connectivity index (χ0) is 12.8. The molecule has 1 aromatic rings. The standard InChI is InChI=1S/C12H18N4O/c1-4-15-12(17)8-14-7-10-5-11(6-13)16(3)9(10)2/h5,14H,4,7-8H2,1-3H3,(H,15,17). The van der Waals surface area contributed by atoms with Gasteiger partial charge in [-0.05, 0) is 25.5 Å². The Kier molecular flexibility index (Phi) is 4.73. The van der Waals surface area contributed by atoms with Crippen molar-refractivity contribution in [1.29, 1.82) is 5.26 Å². The second-order valence-corrected chi connectivity index (χ2v) is 3.87. The lowest BCUT2D eigenvalue weighted by Crippen LogP contribution is -2.33. The van der Waals surface area contributed by atoms with Gasteiger partial charge in [0.05, 0.1) is 6.54 Å². The van der Waals surface area contributed by atoms with Crippen molar-refractivity contribution in [3.63, 3.8) is 0 Å². The van der Waals surface area contributed by atoms with Crippen molar-refractivity contribution in [2.24, 2.45) is 7.05 Å². The van der Waals surface area contributed by atoms with Gasteiger partial charge in [0, 0.05) is 25.8 Å². The molecule has 0 radical (unpaired) electrons. The average molecular weight is 234 g/mol. The van der Waals surface area contributed by atoms with Gasteiger partial charge in [-0.3, -0.25) is 4.79 Å². The average Bonchev–Trinajstić information content (AvgIpc) is 2.57. The van der Waals surface area contributed by atoms with Crippen LogP contribution in [0, 0.1) is 18.3 Å². The van der Waals surface area contributed by atoms with E-state index in [0.717, 1.165) is 11.3 Å². The van der Waals surface area contributed by atoms with Crippen molar-refractivity contribution in [2.75, 3.05) is 13.1 Å². The van der Waals surface area contributed by atoms with E-state index in [2.05, 4.69) is 16.7 Å². The zero-order valence-electron chi connectivity index (χ0n) is 10.5. The Balaban J connectivity index is 2.53. The van der Waals surface area contributed by atoms with E-state index in [9.17, 15) is 4.79 Å². The Hall–Kier alpha value is -1.80. The molecule has 0 fully saturated rings. The molecule has 0 spiro atoms. The summed E-state index contributed by atoms with van der Waals surface area (Å²) in [6.07, 6.45) is 0. The summed E-state index contributed by atoms with van der Waals surface area (Å²) in [7, 11) is 1.86. The number of carbonyl (C=O) groups is 1. The molecule has 0 saturated carbocycles. The lowest BCUT2D eigenvalue weighted by molar-refractivity contribution is -0.120. The topological polar surface area (TPSA) is 69.8 Å². The lowest BCUT2D eigenvalue weighted by Gasteiger charge is -2.05. The van der Waals surface area contributed by atoms with Crippen LogP contribution in [0.25, 0.3) is 0 Å². The molecule has 1 amide bonds. The molecule has 1 aromatic heterocycles. The Labute approximate surface area is 101 Å². The Morgan fingerprint density at radius 2 is 2.29 bits per heavy atom. The summed E-state index contributed by atoms with van der Waals surface area (Å²) in [6.45, 7) is 5.38. The number of nitrogens with zero attached hydrogens (tertiary/aromatic N) is 2. The third-order valence-electron chi connectivity index (χ3n) is 2.73. The first-order chi connectivity index (χ1) is 8.10. The maximum atomic E-state index is 11.2. The molecule has 0 aromatic carbocycles. The molecule has 0 aliphatic carbocycles. The smallest absolute Gasteiger partial charge is 0.233 e. The van der Waals surface area contributed by atoms with Gasteiger partial charge < -0.3 is 15.2 Å². The molecule has 5 nitrogen and oxygen atoms in total. The third-order valence-corrected chi connectivity index (χ3v) is 2.73. The van der Waals surface area contributed by atoms with E-state index in [0.29, 0.717) is 25.3 Å². The van der Waals surface area contributed by atoms with E-state index in [4.69, 9.17) is 5.26 Å². The van der Waals surface area contributed by atoms with Crippen LogP contribution in [0.5, 0.6) is 0 Å². The summed E-state index contributed by atoms with van der Waals surface area (Å²) in [4.78, 5) is 11.2. The molecule has 5 heteroatoms. The van der Waals surface area contributed by atoms with E-state index < -0.39 is 0 Å². The summed E-state index contributed by atoms with van der Waals surface area (Å²) < 4.78 is 1.85. The highest BCUT2D eigenvalue weighted by molar-refractivity contribution is 5.77. The van der Waals surface area contributed by atoms with Gasteiger partial charge in [-0.15, -0.1) is 0 Å². The molecule has 1 heterocycles. The first kappa shape index (κ1) is 13.3. The highest BCUT2D eigenvalue weighted by atomic mass is 16.1. The highest BCUT2D eigenvalue weighted by Crippen LogP contribution is 2.12. The van der Waals surface area contributed by atoms with E-state index in [1.807, 2.05) is 31.5 Å². The SMILES string of the molecule is CCNC(=O)CNCc1cc(C#N)n(C)c1C. The Bertz CT molecular complexity index is 442. The van der Waals surface area contributed by atoms with Gasteiger partial charge in [0.15, 0.2) is 0 Å². The maximum absolute atomic E-state index is 11.2. The van der Waals surface area contributed by atoms with Crippen LogP contribution in [0.1, 0.15) is 23.9 Å². The van der Waals surface area contributed by atoms with Crippen LogP contribution >= 0.6 is 0 Å². The van der Waals surface area contributed by atoms with E-state index in [-0.39, 0.29) is 5.91 Å². The van der Waals surface area contributed by atoms with Crippen molar-refractivity contribution in [3.05, 3.63) is 23.0 Å². The first-order valence-corrected chi connectivity index (χ1v) is 5.62. The largest absolute Gasteiger partial charge is 0.355 e. The van der Waals surface area contributed by atoms with Crippen LogP contribution in [0.2, 0.25) is 0 Å². The van der Waals surface area contributed by atoms with E-state index >= 15 is 0 Å². The van der Waals surface area contributed by atoms with Gasteiger partial charge >= 0.3 is 0 Å². The molecule has 0 atom stereocenters. The van der Waals surface area contributed by atoms with Gasteiger partial charge in [-0.1, -0.05) is 0 Å². The number of likely N-dealkylation sites (N-methyl/N-ethyl adjacent to an activating group) is 1. The van der Waals surface area contributed by atoms with Crippen LogP contribution in [-0.2, 0) is 18.4 Å². The summed E-state index contributed by atoms with van der Waals surface area (Å²) in [5, 5.41) is 14.7. The van der Waals surface area contributed by atoms with Crippen molar-refractivity contribution in [1.82, 2.24) is 15.2 Å². The van der Waals surface area contributed by atoms with Crippen molar-refractivity contribution in [2.45, 2.75) is 20.4 Å². The molecule has 0 saturated heterocycles. The molecule has 17 heavy (non-hydrogen) atoms. The number of amides is 1. The summed E-state index contributed by atoms with van der Waals surface area (Å²) in [5.74, 6) is -0.0124. The molecule has 0 aliphatic rings. The maximum Gasteiger partial charge on any atom is 0.233 e. The van der Waals surface area contributed by atoms with Crippen molar-refractivity contribution in [3.8, 4) is 6.07 Å². The second-order valence-electron chi connectivity index (χ2n) is 3.87. The Morgan fingerprint density at radius 3 is 2.82 bits per heavy atom. The van der Waals surface area contributed by atoms with Gasteiger partial charge in [-0.2, -0.15) is 5.26 Å². The van der Waals surface area contributed by atoms with Crippen LogP contribution in [-0.4, -0.2) is 23.6 Å². The van der Waals surface area contributed by atoms with Crippen LogP contribution in [0.3, 0.4) is 0 Å². The van der Waals surface area contributed by atoms with Crippen LogP contribution < -0.4 is 10.6 Å². The van der Waals surface area contributed by atoms with E-state index in [1.54, 1.807) is 0 Å². The number of carbonyl (C=O) groups excluding carboxylic acids is 1. The third kappa shape index (κ3) is 3.33. The molecule has 2 N–H and O–H groups in total. The van der Waals surface area contributed by atoms with Gasteiger partial charge in [-0.25, -0.2) is 0 Å². The fraction of sp³-hybridized carbons (Fsp3) is 0.500. The molecular formula is C12H18N4O. The number of nitrogens with one attached hydrogen (secondary N) is 2. The number of rotatable bonds is 5. The quantitative estimate of drug-likeness (QED) is 0.776. The predicted octanol–water partition coefficient (Wildman–Crippen LogP) is 0.431.